The lowest BCUT2D eigenvalue weighted by molar-refractivity contribution is -0.115. The van der Waals surface area contributed by atoms with Crippen LogP contribution in [0.5, 0.6) is 0 Å². The summed E-state index contributed by atoms with van der Waals surface area (Å²) < 4.78 is 0. The molecule has 0 saturated carbocycles. The van der Waals surface area contributed by atoms with Crippen molar-refractivity contribution < 1.29 is 9.59 Å². The van der Waals surface area contributed by atoms with Crippen molar-refractivity contribution in [3.63, 3.8) is 0 Å². The van der Waals surface area contributed by atoms with Crippen LogP contribution in [0.1, 0.15) is 10.5 Å². The van der Waals surface area contributed by atoms with Crippen molar-refractivity contribution in [2.24, 2.45) is 0 Å². The molecule has 5 N–H and O–H groups in total. The largest absolute Gasteiger partial charge is 0.342 e. The van der Waals surface area contributed by atoms with Crippen LogP contribution in [-0.2, 0) is 4.79 Å². The molecule has 4 aromatic rings. The van der Waals surface area contributed by atoms with E-state index >= 15 is 0 Å². The number of carbonyl (C=O) groups excluding carboxylic acids is 2. The van der Waals surface area contributed by atoms with Crippen LogP contribution in [0, 0.1) is 0 Å². The minimum atomic E-state index is -0.555. The van der Waals surface area contributed by atoms with Gasteiger partial charge in [0.15, 0.2) is 5.69 Å². The number of rotatable bonds is 4. The summed E-state index contributed by atoms with van der Waals surface area (Å²) in [6, 6.07) is 11.6. The van der Waals surface area contributed by atoms with Gasteiger partial charge in [-0.2, -0.15) is 5.10 Å². The second kappa shape index (κ2) is 6.83. The first-order valence-corrected chi connectivity index (χ1v) is 8.29. The minimum Gasteiger partial charge on any atom is -0.342 e. The van der Waals surface area contributed by atoms with Crippen LogP contribution < -0.4 is 21.8 Å². The zero-order valence-corrected chi connectivity index (χ0v) is 14.3. The van der Waals surface area contributed by atoms with Gasteiger partial charge in [-0.15, -0.1) is 0 Å². The van der Waals surface area contributed by atoms with Crippen molar-refractivity contribution in [2.45, 2.75) is 0 Å². The highest BCUT2D eigenvalue weighted by Gasteiger charge is 2.16. The molecular weight excluding hydrogens is 364 g/mol. The maximum Gasteiger partial charge on any atom is 0.272 e. The maximum atomic E-state index is 12.3. The van der Waals surface area contributed by atoms with E-state index in [2.05, 4.69) is 31.0 Å². The molecule has 2 amide bonds. The number of fused-ring (bicyclic) bond motifs is 2. The van der Waals surface area contributed by atoms with Gasteiger partial charge in [0.05, 0.1) is 28.5 Å². The van der Waals surface area contributed by atoms with Gasteiger partial charge >= 0.3 is 0 Å². The number of carbonyl (C=O) groups is 2. The second-order valence-corrected chi connectivity index (χ2v) is 5.99. The summed E-state index contributed by atoms with van der Waals surface area (Å²) in [6.07, 6.45) is 0. The van der Waals surface area contributed by atoms with Gasteiger partial charge in [0.25, 0.3) is 17.0 Å². The molecule has 0 atom stereocenters. The van der Waals surface area contributed by atoms with Crippen LogP contribution in [0.25, 0.3) is 21.7 Å². The first kappa shape index (κ1) is 17.2. The van der Waals surface area contributed by atoms with Crippen molar-refractivity contribution in [3.05, 3.63) is 68.9 Å². The summed E-state index contributed by atoms with van der Waals surface area (Å²) in [5.41, 5.74) is 0.0325. The molecule has 0 fully saturated rings. The number of benzene rings is 2. The van der Waals surface area contributed by atoms with Gasteiger partial charge in [-0.05, 0) is 18.2 Å². The van der Waals surface area contributed by atoms with E-state index in [9.17, 15) is 19.2 Å². The normalized spacial score (nSPS) is 10.9. The number of hydrogen-bond donors (Lipinski definition) is 5. The smallest absolute Gasteiger partial charge is 0.272 e. The summed E-state index contributed by atoms with van der Waals surface area (Å²) in [5, 5.41) is 17.0. The monoisotopic (exact) mass is 378 g/mol. The number of nitrogens with one attached hydrogen (secondary N) is 5. The maximum absolute atomic E-state index is 12.3. The van der Waals surface area contributed by atoms with E-state index in [1.165, 1.54) is 12.1 Å². The van der Waals surface area contributed by atoms with Gasteiger partial charge < -0.3 is 10.6 Å². The molecule has 0 unspecified atom stereocenters. The number of anilines is 1. The molecule has 140 valence electrons. The Labute approximate surface area is 155 Å². The fourth-order valence-electron chi connectivity index (χ4n) is 2.91. The van der Waals surface area contributed by atoms with Crippen molar-refractivity contribution in [1.29, 1.82) is 0 Å². The molecule has 2 aromatic carbocycles. The lowest BCUT2D eigenvalue weighted by atomic mass is 10.1. The van der Waals surface area contributed by atoms with Crippen molar-refractivity contribution >= 4 is 39.2 Å². The Balaban J connectivity index is 1.50. The molecule has 0 saturated heterocycles. The number of amides is 2. The van der Waals surface area contributed by atoms with E-state index < -0.39 is 22.9 Å². The van der Waals surface area contributed by atoms with E-state index in [-0.39, 0.29) is 28.7 Å². The van der Waals surface area contributed by atoms with Crippen molar-refractivity contribution in [2.75, 3.05) is 11.9 Å². The topological polar surface area (TPSA) is 153 Å². The Kier molecular flexibility index (Phi) is 4.20. The van der Waals surface area contributed by atoms with Crippen molar-refractivity contribution in [1.82, 2.24) is 25.7 Å². The molecule has 0 radical (unpaired) electrons. The van der Waals surface area contributed by atoms with Gasteiger partial charge in [-0.1, -0.05) is 24.3 Å². The number of para-hydroxylation sites is 1. The van der Waals surface area contributed by atoms with Crippen LogP contribution in [-0.4, -0.2) is 38.8 Å². The fourth-order valence-corrected chi connectivity index (χ4v) is 2.91. The molecular formula is C18H14N6O4. The van der Waals surface area contributed by atoms with Crippen LogP contribution in [0.2, 0.25) is 0 Å². The standard InChI is InChI=1S/C18H14N6O4/c25-13(8-19-18(28)15-9-4-1-2-6-11(9)21-22-15)20-12-7-3-5-10-14(12)17(27)24-23-16(10)26/h1-7H,8H2,(H,19,28)(H,20,25)(H,21,22)(H,23,26)(H,24,27). The summed E-state index contributed by atoms with van der Waals surface area (Å²) in [6.45, 7) is -0.336. The predicted octanol–water partition coefficient (Wildman–Crippen LogP) is 0.461. The van der Waals surface area contributed by atoms with Crippen LogP contribution in [0.3, 0.4) is 0 Å². The lowest BCUT2D eigenvalue weighted by Gasteiger charge is -2.08. The molecule has 0 aliphatic carbocycles. The van der Waals surface area contributed by atoms with E-state index in [0.717, 1.165) is 0 Å². The zero-order chi connectivity index (χ0) is 19.7. The molecule has 0 aliphatic heterocycles. The Morgan fingerprint density at radius 3 is 2.54 bits per heavy atom. The molecule has 0 spiro atoms. The van der Waals surface area contributed by atoms with E-state index in [1.807, 2.05) is 6.07 Å². The Morgan fingerprint density at radius 2 is 1.68 bits per heavy atom. The first-order valence-electron chi connectivity index (χ1n) is 8.29. The molecule has 0 bridgehead atoms. The number of aromatic amines is 3. The number of hydrogen-bond acceptors (Lipinski definition) is 5. The molecule has 2 heterocycles. The third-order valence-electron chi connectivity index (χ3n) is 4.19. The second-order valence-electron chi connectivity index (χ2n) is 5.99. The number of nitrogens with zero attached hydrogens (tertiary/aromatic N) is 1. The van der Waals surface area contributed by atoms with E-state index in [4.69, 9.17) is 0 Å². The average Bonchev–Trinajstić information content (AvgIpc) is 3.13. The van der Waals surface area contributed by atoms with Crippen LogP contribution in [0.4, 0.5) is 5.69 Å². The van der Waals surface area contributed by atoms with E-state index in [1.54, 1.807) is 24.3 Å². The summed E-state index contributed by atoms with van der Waals surface area (Å²) >= 11 is 0. The van der Waals surface area contributed by atoms with Gasteiger partial charge in [0, 0.05) is 5.39 Å². The molecule has 0 aliphatic rings. The van der Waals surface area contributed by atoms with Crippen LogP contribution in [0.15, 0.2) is 52.1 Å². The Morgan fingerprint density at radius 1 is 0.929 bits per heavy atom. The lowest BCUT2D eigenvalue weighted by Crippen LogP contribution is -2.33. The Bertz CT molecular complexity index is 1330. The van der Waals surface area contributed by atoms with Gasteiger partial charge in [-0.3, -0.25) is 34.5 Å². The third kappa shape index (κ3) is 3.03. The fraction of sp³-hybridized carbons (Fsp3) is 0.0556. The highest BCUT2D eigenvalue weighted by Crippen LogP contribution is 2.17. The zero-order valence-electron chi connectivity index (χ0n) is 14.3. The third-order valence-corrected chi connectivity index (χ3v) is 4.19. The Hall–Kier alpha value is -4.21. The van der Waals surface area contributed by atoms with E-state index in [0.29, 0.717) is 10.9 Å². The summed E-state index contributed by atoms with van der Waals surface area (Å²) in [7, 11) is 0. The highest BCUT2D eigenvalue weighted by molar-refractivity contribution is 6.07. The number of H-pyrrole nitrogens is 3. The molecule has 10 heteroatoms. The summed E-state index contributed by atoms with van der Waals surface area (Å²) in [4.78, 5) is 48.4. The van der Waals surface area contributed by atoms with Crippen molar-refractivity contribution in [3.8, 4) is 0 Å². The molecule has 28 heavy (non-hydrogen) atoms. The highest BCUT2D eigenvalue weighted by atomic mass is 16.2. The quantitative estimate of drug-likeness (QED) is 0.349. The van der Waals surface area contributed by atoms with Gasteiger partial charge in [0.2, 0.25) is 5.91 Å². The SMILES string of the molecule is O=C(CNC(=O)c1n[nH]c2ccccc12)Nc1cccc2c(=O)[nH][nH]c(=O)c12. The number of aromatic nitrogens is 4. The minimum absolute atomic E-state index is 0.0595. The van der Waals surface area contributed by atoms with Gasteiger partial charge in [0.1, 0.15) is 0 Å². The molecule has 2 aromatic heterocycles. The predicted molar refractivity (Wildman–Crippen MR) is 102 cm³/mol. The summed E-state index contributed by atoms with van der Waals surface area (Å²) in [5.74, 6) is -1.07. The molecule has 10 nitrogen and oxygen atoms in total. The average molecular weight is 378 g/mol. The van der Waals surface area contributed by atoms with Gasteiger partial charge in [-0.25, -0.2) is 0 Å². The molecule has 4 rings (SSSR count). The van der Waals surface area contributed by atoms with Crippen LogP contribution >= 0.6 is 0 Å². The first-order chi connectivity index (χ1) is 13.5.